The second kappa shape index (κ2) is 8.80. The topological polar surface area (TPSA) is 68.6 Å². The molecule has 2 aromatic carbocycles. The molecule has 0 amide bonds. The summed E-state index contributed by atoms with van der Waals surface area (Å²) in [5.74, 6) is 1.81. The van der Waals surface area contributed by atoms with E-state index in [0.717, 1.165) is 22.5 Å². The van der Waals surface area contributed by atoms with Crippen LogP contribution in [-0.2, 0) is 6.61 Å². The fourth-order valence-corrected chi connectivity index (χ4v) is 2.56. The van der Waals surface area contributed by atoms with Gasteiger partial charge in [0.1, 0.15) is 6.61 Å². The van der Waals surface area contributed by atoms with Crippen molar-refractivity contribution in [3.05, 3.63) is 77.1 Å². The molecular weight excluding hydrogens is 340 g/mol. The van der Waals surface area contributed by atoms with Gasteiger partial charge in [-0.05, 0) is 49.2 Å². The van der Waals surface area contributed by atoms with Crippen molar-refractivity contribution in [3.8, 4) is 11.5 Å². The van der Waals surface area contributed by atoms with E-state index in [4.69, 9.17) is 9.47 Å². The number of hydrogen-bond donors (Lipinski definition) is 1. The van der Waals surface area contributed by atoms with Crippen molar-refractivity contribution >= 4 is 12.2 Å². The Balaban J connectivity index is 1.70. The number of aryl methyl sites for hydroxylation is 2. The van der Waals surface area contributed by atoms with E-state index in [0.29, 0.717) is 24.1 Å². The number of methoxy groups -OCH3 is 1. The maximum atomic E-state index is 5.92. The lowest BCUT2D eigenvalue weighted by Gasteiger charge is -2.11. The van der Waals surface area contributed by atoms with Gasteiger partial charge in [0.25, 0.3) is 0 Å². The molecule has 3 aromatic rings. The highest BCUT2D eigenvalue weighted by Crippen LogP contribution is 2.28. The molecule has 6 nitrogen and oxygen atoms in total. The number of nitrogens with one attached hydrogen (secondary N) is 1. The first kappa shape index (κ1) is 18.4. The molecule has 3 rings (SSSR count). The number of hydrogen-bond acceptors (Lipinski definition) is 6. The van der Waals surface area contributed by atoms with Gasteiger partial charge in [-0.25, -0.2) is 15.4 Å². The van der Waals surface area contributed by atoms with Crippen LogP contribution in [0.25, 0.3) is 0 Å². The number of rotatable bonds is 7. The highest BCUT2D eigenvalue weighted by atomic mass is 16.5. The zero-order valence-corrected chi connectivity index (χ0v) is 15.6. The van der Waals surface area contributed by atoms with Crippen LogP contribution in [0.2, 0.25) is 0 Å². The quantitative estimate of drug-likeness (QED) is 0.506. The molecule has 1 heterocycles. The van der Waals surface area contributed by atoms with E-state index in [1.54, 1.807) is 13.3 Å². The third-order valence-corrected chi connectivity index (χ3v) is 3.79. The number of benzene rings is 2. The Bertz CT molecular complexity index is 906. The van der Waals surface area contributed by atoms with Gasteiger partial charge in [-0.2, -0.15) is 5.10 Å². The summed E-state index contributed by atoms with van der Waals surface area (Å²) in [6.45, 7) is 4.30. The summed E-state index contributed by atoms with van der Waals surface area (Å²) >= 11 is 0. The Kier molecular flexibility index (Phi) is 5.99. The van der Waals surface area contributed by atoms with Crippen molar-refractivity contribution < 1.29 is 9.47 Å². The largest absolute Gasteiger partial charge is 0.493 e. The van der Waals surface area contributed by atoms with Gasteiger partial charge in [-0.15, -0.1) is 0 Å². The molecule has 1 N–H and O–H groups in total. The third kappa shape index (κ3) is 5.28. The number of nitrogens with zero attached hydrogens (tertiary/aromatic N) is 3. The van der Waals surface area contributed by atoms with Crippen molar-refractivity contribution in [2.24, 2.45) is 5.10 Å². The van der Waals surface area contributed by atoms with Crippen LogP contribution >= 0.6 is 0 Å². The summed E-state index contributed by atoms with van der Waals surface area (Å²) < 4.78 is 11.3. The molecule has 138 valence electrons. The van der Waals surface area contributed by atoms with E-state index in [-0.39, 0.29) is 0 Å². The highest BCUT2D eigenvalue weighted by molar-refractivity contribution is 5.81. The van der Waals surface area contributed by atoms with Crippen LogP contribution < -0.4 is 14.9 Å². The summed E-state index contributed by atoms with van der Waals surface area (Å²) in [5.41, 5.74) is 6.60. The van der Waals surface area contributed by atoms with Gasteiger partial charge in [-0.1, -0.05) is 30.3 Å². The Morgan fingerprint density at radius 2 is 1.70 bits per heavy atom. The number of ether oxygens (including phenoxy) is 2. The fourth-order valence-electron chi connectivity index (χ4n) is 2.56. The van der Waals surface area contributed by atoms with Crippen molar-refractivity contribution in [1.29, 1.82) is 0 Å². The lowest BCUT2D eigenvalue weighted by molar-refractivity contribution is 0.284. The average Bonchev–Trinajstić information content (AvgIpc) is 2.66. The van der Waals surface area contributed by atoms with E-state index in [9.17, 15) is 0 Å². The molecule has 1 aromatic heterocycles. The number of hydrazone groups is 1. The third-order valence-electron chi connectivity index (χ3n) is 3.79. The highest BCUT2D eigenvalue weighted by Gasteiger charge is 2.06. The van der Waals surface area contributed by atoms with Gasteiger partial charge in [0, 0.05) is 11.4 Å². The number of anilines is 1. The molecule has 0 fully saturated rings. The maximum absolute atomic E-state index is 5.92. The summed E-state index contributed by atoms with van der Waals surface area (Å²) in [5, 5.41) is 4.21. The molecule has 0 saturated heterocycles. The molecule has 0 bridgehead atoms. The van der Waals surface area contributed by atoms with E-state index >= 15 is 0 Å². The van der Waals surface area contributed by atoms with Gasteiger partial charge >= 0.3 is 0 Å². The van der Waals surface area contributed by atoms with Gasteiger partial charge in [0.05, 0.1) is 13.3 Å². The first-order chi connectivity index (χ1) is 13.1. The lowest BCUT2D eigenvalue weighted by Crippen LogP contribution is -2.00. The minimum absolute atomic E-state index is 0.465. The molecule has 0 saturated carbocycles. The average molecular weight is 362 g/mol. The predicted octanol–water partition coefficient (Wildman–Crippen LogP) is 4.13. The summed E-state index contributed by atoms with van der Waals surface area (Å²) in [7, 11) is 1.62. The Morgan fingerprint density at radius 3 is 2.41 bits per heavy atom. The van der Waals surface area contributed by atoms with Crippen molar-refractivity contribution in [2.45, 2.75) is 20.5 Å². The molecule has 0 unspecified atom stereocenters. The van der Waals surface area contributed by atoms with E-state index < -0.39 is 0 Å². The van der Waals surface area contributed by atoms with Gasteiger partial charge in [0.2, 0.25) is 5.95 Å². The van der Waals surface area contributed by atoms with Gasteiger partial charge in [0.15, 0.2) is 11.5 Å². The standard InChI is InChI=1S/C21H22N4O2/c1-15-11-16(2)24-21(23-15)25-22-13-18-9-10-19(26-3)20(12-18)27-14-17-7-5-4-6-8-17/h4-13H,14H2,1-3H3,(H,23,24,25). The maximum Gasteiger partial charge on any atom is 0.243 e. The summed E-state index contributed by atoms with van der Waals surface area (Å²) in [6.07, 6.45) is 1.69. The smallest absolute Gasteiger partial charge is 0.243 e. The van der Waals surface area contributed by atoms with Crippen molar-refractivity contribution in [2.75, 3.05) is 12.5 Å². The van der Waals surface area contributed by atoms with E-state index in [1.165, 1.54) is 0 Å². The first-order valence-electron chi connectivity index (χ1n) is 8.60. The SMILES string of the molecule is COc1ccc(C=NNc2nc(C)cc(C)n2)cc1OCc1ccccc1. The van der Waals surface area contributed by atoms with Gasteiger partial charge < -0.3 is 9.47 Å². The molecule has 0 atom stereocenters. The second-order valence-electron chi connectivity index (χ2n) is 6.03. The zero-order valence-electron chi connectivity index (χ0n) is 15.6. The van der Waals surface area contributed by atoms with Crippen LogP contribution in [0.3, 0.4) is 0 Å². The molecule has 0 spiro atoms. The van der Waals surface area contributed by atoms with Crippen LogP contribution in [0, 0.1) is 13.8 Å². The minimum Gasteiger partial charge on any atom is -0.493 e. The molecular formula is C21H22N4O2. The second-order valence-corrected chi connectivity index (χ2v) is 6.03. The molecule has 27 heavy (non-hydrogen) atoms. The van der Waals surface area contributed by atoms with Crippen LogP contribution in [0.1, 0.15) is 22.5 Å². The zero-order chi connectivity index (χ0) is 19.1. The van der Waals surface area contributed by atoms with Crippen LogP contribution in [0.5, 0.6) is 11.5 Å². The summed E-state index contributed by atoms with van der Waals surface area (Å²) in [6, 6.07) is 17.5. The van der Waals surface area contributed by atoms with Crippen LogP contribution in [0.4, 0.5) is 5.95 Å². The molecule has 0 aliphatic heterocycles. The summed E-state index contributed by atoms with van der Waals surface area (Å²) in [4.78, 5) is 8.58. The Hall–Kier alpha value is -3.41. The molecule has 0 aliphatic rings. The van der Waals surface area contributed by atoms with E-state index in [1.807, 2.05) is 68.4 Å². The minimum atomic E-state index is 0.465. The molecule has 0 aliphatic carbocycles. The monoisotopic (exact) mass is 362 g/mol. The molecule has 0 radical (unpaired) electrons. The molecule has 6 heteroatoms. The number of aromatic nitrogens is 2. The first-order valence-corrected chi connectivity index (χ1v) is 8.60. The normalized spacial score (nSPS) is 10.8. The van der Waals surface area contributed by atoms with Crippen LogP contribution in [0.15, 0.2) is 59.7 Å². The Morgan fingerprint density at radius 1 is 0.963 bits per heavy atom. The van der Waals surface area contributed by atoms with Crippen molar-refractivity contribution in [3.63, 3.8) is 0 Å². The predicted molar refractivity (Wildman–Crippen MR) is 106 cm³/mol. The van der Waals surface area contributed by atoms with Gasteiger partial charge in [-0.3, -0.25) is 0 Å². The Labute approximate surface area is 158 Å². The van der Waals surface area contributed by atoms with Crippen molar-refractivity contribution in [1.82, 2.24) is 9.97 Å². The lowest BCUT2D eigenvalue weighted by atomic mass is 10.2. The fraction of sp³-hybridized carbons (Fsp3) is 0.190. The van der Waals surface area contributed by atoms with Crippen LogP contribution in [-0.4, -0.2) is 23.3 Å². The van der Waals surface area contributed by atoms with E-state index in [2.05, 4.69) is 20.5 Å².